The van der Waals surface area contributed by atoms with Crippen molar-refractivity contribution in [3.8, 4) is 0 Å². The average Bonchev–Trinajstić information content (AvgIpc) is 2.34. The maximum absolute atomic E-state index is 10.8. The van der Waals surface area contributed by atoms with Gasteiger partial charge in [-0.25, -0.2) is 0 Å². The van der Waals surface area contributed by atoms with Crippen LogP contribution in [-0.2, 0) is 9.13 Å². The molecule has 0 aliphatic rings. The van der Waals surface area contributed by atoms with Gasteiger partial charge in [-0.1, -0.05) is 29.6 Å². The molecule has 14 heteroatoms. The van der Waals surface area contributed by atoms with Gasteiger partial charge in [0, 0.05) is 12.8 Å². The Labute approximate surface area is 178 Å². The van der Waals surface area contributed by atoms with Crippen molar-refractivity contribution < 1.29 is 39.1 Å². The molecule has 0 aromatic rings. The van der Waals surface area contributed by atoms with Crippen molar-refractivity contribution in [1.82, 2.24) is 0 Å². The Morgan fingerprint density at radius 1 is 0.652 bits per heavy atom. The predicted molar refractivity (Wildman–Crippen MR) is 89.1 cm³/mol. The van der Waals surface area contributed by atoms with Crippen LogP contribution in [0, 0.1) is 0 Å². The van der Waals surface area contributed by atoms with Crippen LogP contribution in [0.25, 0.3) is 0 Å². The van der Waals surface area contributed by atoms with E-state index in [1.54, 1.807) is 0 Å². The number of hydrogen-bond donors (Lipinski definition) is 6. The van der Waals surface area contributed by atoms with E-state index in [1.807, 2.05) is 0 Å². The molecular formula is C9H22N2Na2O8P2. The molecule has 23 heavy (non-hydrogen) atoms. The quantitative estimate of drug-likeness (QED) is 0.0766. The van der Waals surface area contributed by atoms with Gasteiger partial charge in [0.1, 0.15) is 0 Å². The fraction of sp³-hybridized carbons (Fsp3) is 0.778. The van der Waals surface area contributed by atoms with Crippen molar-refractivity contribution in [2.45, 2.75) is 44.9 Å². The van der Waals surface area contributed by atoms with E-state index in [0.717, 1.165) is 0 Å². The first-order valence-electron chi connectivity index (χ1n) is 6.17. The molecule has 0 aliphatic carbocycles. The molecule has 0 aromatic heterocycles. The maximum atomic E-state index is 10.8. The number of nitrogens with zero attached hydrogens (tertiary/aromatic N) is 2. The number of rotatable bonds is 10. The van der Waals surface area contributed by atoms with Gasteiger partial charge in [0.2, 0.25) is 0 Å². The van der Waals surface area contributed by atoms with Crippen molar-refractivity contribution in [3.63, 3.8) is 0 Å². The van der Waals surface area contributed by atoms with Gasteiger partial charge < -0.3 is 30.0 Å². The Kier molecular flexibility index (Phi) is 18.2. The van der Waals surface area contributed by atoms with Crippen molar-refractivity contribution in [3.05, 3.63) is 0 Å². The second kappa shape index (κ2) is 14.4. The van der Waals surface area contributed by atoms with Crippen LogP contribution in [0.1, 0.15) is 44.9 Å². The van der Waals surface area contributed by atoms with Crippen LogP contribution in [0.5, 0.6) is 0 Å². The first-order valence-corrected chi connectivity index (χ1v) is 9.39. The summed E-state index contributed by atoms with van der Waals surface area (Å²) in [5.41, 5.74) is -1.11. The van der Waals surface area contributed by atoms with Gasteiger partial charge in [-0.15, -0.1) is 0 Å². The molecule has 0 aliphatic heterocycles. The van der Waals surface area contributed by atoms with Crippen LogP contribution in [-0.4, -0.2) is 100 Å². The van der Waals surface area contributed by atoms with E-state index in [-0.39, 0.29) is 72.0 Å². The van der Waals surface area contributed by atoms with Gasteiger partial charge in [-0.2, -0.15) is 0 Å². The molecule has 0 bridgehead atoms. The number of unbranched alkanes of at least 4 members (excludes halogenated alkanes) is 4. The molecular weight excluding hydrogens is 372 g/mol. The molecule has 0 saturated carbocycles. The fourth-order valence-electron chi connectivity index (χ4n) is 1.60. The Balaban J connectivity index is -0.00000200. The van der Waals surface area contributed by atoms with Crippen LogP contribution in [0.15, 0.2) is 10.3 Å². The summed E-state index contributed by atoms with van der Waals surface area (Å²) >= 11 is 0. The van der Waals surface area contributed by atoms with Crippen LogP contribution in [0.2, 0.25) is 0 Å². The SMILES string of the molecule is O=P(O)(O)/C(CCCCCCC/C(=N\O)P(=O)(O)O)=N\O.[NaH].[NaH]. The summed E-state index contributed by atoms with van der Waals surface area (Å²) in [6.45, 7) is 0. The zero-order valence-corrected chi connectivity index (χ0v) is 13.0. The molecule has 0 aromatic carbocycles. The van der Waals surface area contributed by atoms with E-state index in [9.17, 15) is 9.13 Å². The van der Waals surface area contributed by atoms with E-state index in [2.05, 4.69) is 10.3 Å². The van der Waals surface area contributed by atoms with E-state index in [0.29, 0.717) is 32.1 Å². The van der Waals surface area contributed by atoms with Crippen molar-refractivity contribution >= 4 is 85.2 Å². The van der Waals surface area contributed by atoms with Crippen molar-refractivity contribution in [1.29, 1.82) is 0 Å². The van der Waals surface area contributed by atoms with E-state index >= 15 is 0 Å². The van der Waals surface area contributed by atoms with Gasteiger partial charge in [-0.05, 0) is 12.8 Å². The second-order valence-corrected chi connectivity index (χ2v) is 7.60. The van der Waals surface area contributed by atoms with Gasteiger partial charge >= 0.3 is 74.3 Å². The average molecular weight is 394 g/mol. The Morgan fingerprint density at radius 3 is 1.13 bits per heavy atom. The molecule has 0 fully saturated rings. The van der Waals surface area contributed by atoms with Gasteiger partial charge in [0.25, 0.3) is 0 Å². The van der Waals surface area contributed by atoms with E-state index < -0.39 is 26.1 Å². The van der Waals surface area contributed by atoms with Gasteiger partial charge in [0.05, 0.1) is 0 Å². The van der Waals surface area contributed by atoms with Crippen LogP contribution in [0.4, 0.5) is 0 Å². The third-order valence-electron chi connectivity index (χ3n) is 2.70. The standard InChI is InChI=1S/C9H20N2O8P2.2Na.2H/c12-10-8(20(14,15)16)6-4-2-1-3-5-7-9(11-13)21(17,18)19;;;;/h12-13H,1-7H2,(H2,14,15,16)(H2,17,18,19);;;;/b10-8-,11-9+;;;;. The Bertz CT molecular complexity index is 434. The zero-order chi connectivity index (χ0) is 16.5. The summed E-state index contributed by atoms with van der Waals surface area (Å²) in [6, 6.07) is 0. The summed E-state index contributed by atoms with van der Waals surface area (Å²) in [6.07, 6.45) is 2.69. The molecule has 10 nitrogen and oxygen atoms in total. The third kappa shape index (κ3) is 14.1. The summed E-state index contributed by atoms with van der Waals surface area (Å²) in [5, 5.41) is 22.1. The monoisotopic (exact) mass is 394 g/mol. The molecule has 0 spiro atoms. The molecule has 0 amide bonds. The number of oxime groups is 2. The van der Waals surface area contributed by atoms with Crippen molar-refractivity contribution in [2.24, 2.45) is 10.3 Å². The van der Waals surface area contributed by atoms with Crippen LogP contribution >= 0.6 is 15.2 Å². The molecule has 0 atom stereocenters. The molecule has 0 unspecified atom stereocenters. The summed E-state index contributed by atoms with van der Waals surface area (Å²) in [5.74, 6) is 0. The van der Waals surface area contributed by atoms with E-state index in [1.165, 1.54) is 0 Å². The number of hydrogen-bond acceptors (Lipinski definition) is 6. The normalized spacial score (nSPS) is 13.2. The Morgan fingerprint density at radius 2 is 0.913 bits per heavy atom. The van der Waals surface area contributed by atoms with Crippen LogP contribution in [0.3, 0.4) is 0 Å². The third-order valence-corrected chi connectivity index (χ3v) is 4.68. The molecule has 0 rings (SSSR count). The molecule has 6 N–H and O–H groups in total. The zero-order valence-electron chi connectivity index (χ0n) is 11.2. The topological polar surface area (TPSA) is 180 Å². The van der Waals surface area contributed by atoms with E-state index in [4.69, 9.17) is 30.0 Å². The molecule has 0 radical (unpaired) electrons. The minimum absolute atomic E-state index is 0. The summed E-state index contributed by atoms with van der Waals surface area (Å²) in [7, 11) is -9.01. The van der Waals surface area contributed by atoms with Gasteiger partial charge in [0.15, 0.2) is 10.9 Å². The first-order chi connectivity index (χ1) is 9.62. The summed E-state index contributed by atoms with van der Waals surface area (Å²) in [4.78, 5) is 35.2. The predicted octanol–water partition coefficient (Wildman–Crippen LogP) is 0.351. The molecule has 0 heterocycles. The van der Waals surface area contributed by atoms with Gasteiger partial charge in [-0.3, -0.25) is 9.13 Å². The first kappa shape index (κ1) is 29.0. The molecule has 128 valence electrons. The minimum atomic E-state index is -4.50. The Hall–Kier alpha value is 1.24. The molecule has 0 saturated heterocycles. The fourth-order valence-corrected chi connectivity index (χ4v) is 2.74. The summed E-state index contributed by atoms with van der Waals surface area (Å²) < 4.78 is 21.6. The van der Waals surface area contributed by atoms with Crippen LogP contribution < -0.4 is 0 Å². The van der Waals surface area contributed by atoms with Crippen molar-refractivity contribution in [2.75, 3.05) is 0 Å². The second-order valence-electron chi connectivity index (χ2n) is 4.39.